The van der Waals surface area contributed by atoms with Crippen LogP contribution in [0.4, 0.5) is 11.4 Å². The summed E-state index contributed by atoms with van der Waals surface area (Å²) in [6.45, 7) is 1.11. The highest BCUT2D eigenvalue weighted by molar-refractivity contribution is 5.96. The number of non-ortho nitro benzene ring substituents is 1. The number of nitro groups is 1. The molecule has 2 heterocycles. The molecule has 1 amide bonds. The predicted octanol–water partition coefficient (Wildman–Crippen LogP) is 3.71. The molecule has 15 heteroatoms. The van der Waals surface area contributed by atoms with Crippen molar-refractivity contribution < 1.29 is 43.3 Å². The highest BCUT2D eigenvalue weighted by Crippen LogP contribution is 2.29. The van der Waals surface area contributed by atoms with Crippen LogP contribution in [0.5, 0.6) is 5.75 Å². The van der Waals surface area contributed by atoms with Gasteiger partial charge in [-0.2, -0.15) is 0 Å². The molecule has 0 spiro atoms. The van der Waals surface area contributed by atoms with Crippen LogP contribution in [0.2, 0.25) is 0 Å². The quantitative estimate of drug-likeness (QED) is 0.0915. The maximum Gasteiger partial charge on any atom is 0.326 e. The summed E-state index contributed by atoms with van der Waals surface area (Å²) in [4.78, 5) is 44.8. The topological polar surface area (TPSA) is 220 Å². The summed E-state index contributed by atoms with van der Waals surface area (Å²) < 4.78 is 15.9. The number of nitrogens with zero attached hydrogens (tertiary/aromatic N) is 3. The Labute approximate surface area is 231 Å². The molecule has 1 atom stereocenters. The smallest absolute Gasteiger partial charge is 0.326 e. The number of furan rings is 1. The van der Waals surface area contributed by atoms with Crippen LogP contribution in [-0.2, 0) is 9.59 Å². The average Bonchev–Trinajstić information content (AvgIpc) is 3.63. The summed E-state index contributed by atoms with van der Waals surface area (Å²) in [5.74, 6) is -2.80. The summed E-state index contributed by atoms with van der Waals surface area (Å²) in [6, 6.07) is 11.3. The van der Waals surface area contributed by atoms with Crippen LogP contribution in [0.15, 0.2) is 57.6 Å². The third kappa shape index (κ3) is 7.35. The zero-order valence-electron chi connectivity index (χ0n) is 21.4. The highest BCUT2D eigenvalue weighted by Gasteiger charge is 2.25. The number of unbranched alkanes of at least 4 members (excludes halogenated alkanes) is 2. The van der Waals surface area contributed by atoms with Gasteiger partial charge in [-0.3, -0.25) is 19.7 Å². The monoisotopic (exact) mass is 567 g/mol. The fourth-order valence-electron chi connectivity index (χ4n) is 3.89. The molecule has 2 aromatic carbocycles. The van der Waals surface area contributed by atoms with Gasteiger partial charge in [0.2, 0.25) is 5.52 Å². The van der Waals surface area contributed by atoms with Crippen LogP contribution >= 0.6 is 0 Å². The van der Waals surface area contributed by atoms with Gasteiger partial charge in [-0.15, -0.1) is 0 Å². The van der Waals surface area contributed by atoms with E-state index in [0.29, 0.717) is 41.4 Å². The summed E-state index contributed by atoms with van der Waals surface area (Å²) in [5.41, 5.74) is 1.50. The number of carboxylic acids is 2. The number of carbonyl (C=O) groups is 3. The van der Waals surface area contributed by atoms with Gasteiger partial charge in [0.05, 0.1) is 23.6 Å². The van der Waals surface area contributed by atoms with Gasteiger partial charge < -0.3 is 30.0 Å². The second-order valence-electron chi connectivity index (χ2n) is 8.84. The summed E-state index contributed by atoms with van der Waals surface area (Å²) in [7, 11) is 0. The Morgan fingerprint density at radius 2 is 1.73 bits per heavy atom. The fraction of sp³-hybridized carbons (Fsp3) is 0.269. The number of amides is 1. The minimum atomic E-state index is -1.58. The van der Waals surface area contributed by atoms with Crippen LogP contribution in [0.3, 0.4) is 0 Å². The Kier molecular flexibility index (Phi) is 9.09. The zero-order valence-corrected chi connectivity index (χ0v) is 21.4. The summed E-state index contributed by atoms with van der Waals surface area (Å²) in [6.07, 6.45) is 1.72. The van der Waals surface area contributed by atoms with Crippen LogP contribution in [0, 0.1) is 10.1 Å². The molecule has 0 unspecified atom stereocenters. The van der Waals surface area contributed by atoms with E-state index in [1.54, 1.807) is 36.4 Å². The molecule has 0 fully saturated rings. The van der Waals surface area contributed by atoms with Crippen molar-refractivity contribution in [2.24, 2.45) is 0 Å². The van der Waals surface area contributed by atoms with Crippen LogP contribution in [0.25, 0.3) is 22.4 Å². The van der Waals surface area contributed by atoms with Crippen molar-refractivity contribution in [2.45, 2.75) is 31.7 Å². The van der Waals surface area contributed by atoms with Gasteiger partial charge >= 0.3 is 17.6 Å². The lowest BCUT2D eigenvalue weighted by atomic mass is 10.1. The molecule has 4 rings (SSSR count). The third-order valence-corrected chi connectivity index (χ3v) is 5.95. The van der Waals surface area contributed by atoms with E-state index in [0.717, 1.165) is 19.3 Å². The van der Waals surface area contributed by atoms with E-state index in [4.69, 9.17) is 19.4 Å². The number of rotatable bonds is 15. The van der Waals surface area contributed by atoms with Crippen molar-refractivity contribution in [3.8, 4) is 17.1 Å². The molecule has 0 bridgehead atoms. The van der Waals surface area contributed by atoms with Gasteiger partial charge in [0.1, 0.15) is 17.6 Å². The van der Waals surface area contributed by atoms with Gasteiger partial charge in [-0.25, -0.2) is 9.42 Å². The van der Waals surface area contributed by atoms with Crippen LogP contribution in [0.1, 0.15) is 36.2 Å². The number of hydrogen-bond acceptors (Lipinski definition) is 11. The molecule has 0 radical (unpaired) electrons. The second-order valence-corrected chi connectivity index (χ2v) is 8.84. The Hall–Kier alpha value is -5.47. The van der Waals surface area contributed by atoms with E-state index in [-0.39, 0.29) is 17.0 Å². The Bertz CT molecular complexity index is 1550. The van der Waals surface area contributed by atoms with E-state index >= 15 is 0 Å². The largest absolute Gasteiger partial charge is 0.494 e. The standard InChI is InChI=1S/C26H25N5O10/c32-22(33)14-18(26(35)36)28-25(34)21-11-10-20(40-21)15-4-6-16(7-5-15)39-13-3-1-2-12-27-17-8-9-19(31(37)38)24-23(17)29-41-30-24/h4-11,18,27H,1-3,12-14H2,(H,28,34)(H,32,33)(H,35,36)/t18-/m0/s1. The van der Waals surface area contributed by atoms with Crippen LogP contribution in [-0.4, -0.2) is 62.5 Å². The average molecular weight is 568 g/mol. The third-order valence-electron chi connectivity index (χ3n) is 5.95. The lowest BCUT2D eigenvalue weighted by Crippen LogP contribution is -2.42. The van der Waals surface area contributed by atoms with Crippen LogP contribution < -0.4 is 15.4 Å². The van der Waals surface area contributed by atoms with E-state index in [9.17, 15) is 24.5 Å². The Morgan fingerprint density at radius 3 is 2.44 bits per heavy atom. The van der Waals surface area contributed by atoms with Crippen molar-refractivity contribution in [3.63, 3.8) is 0 Å². The van der Waals surface area contributed by atoms with Gasteiger partial charge in [-0.05, 0) is 72.0 Å². The summed E-state index contributed by atoms with van der Waals surface area (Å²) >= 11 is 0. The number of ether oxygens (including phenoxy) is 1. The first-order valence-electron chi connectivity index (χ1n) is 12.4. The molecule has 41 heavy (non-hydrogen) atoms. The lowest BCUT2D eigenvalue weighted by molar-refractivity contribution is -0.383. The van der Waals surface area contributed by atoms with E-state index in [1.807, 2.05) is 0 Å². The molecular formula is C26H25N5O10. The van der Waals surface area contributed by atoms with Gasteiger partial charge in [0, 0.05) is 18.2 Å². The molecule has 4 N–H and O–H groups in total. The molecule has 15 nitrogen and oxygen atoms in total. The number of nitrogens with one attached hydrogen (secondary N) is 2. The number of benzene rings is 2. The van der Waals surface area contributed by atoms with Crippen molar-refractivity contribution >= 4 is 40.3 Å². The highest BCUT2D eigenvalue weighted by atomic mass is 16.6. The lowest BCUT2D eigenvalue weighted by Gasteiger charge is -2.10. The maximum atomic E-state index is 12.3. The van der Waals surface area contributed by atoms with Gasteiger partial charge in [-0.1, -0.05) is 0 Å². The maximum absolute atomic E-state index is 12.3. The second kappa shape index (κ2) is 13.1. The van der Waals surface area contributed by atoms with Crippen molar-refractivity contribution in [1.82, 2.24) is 15.6 Å². The minimum absolute atomic E-state index is 0.0965. The molecule has 4 aromatic rings. The number of anilines is 1. The first kappa shape index (κ1) is 28.5. The molecule has 0 saturated heterocycles. The zero-order chi connectivity index (χ0) is 29.4. The van der Waals surface area contributed by atoms with Gasteiger partial charge in [0.25, 0.3) is 5.91 Å². The Balaban J connectivity index is 1.19. The van der Waals surface area contributed by atoms with Crippen molar-refractivity contribution in [2.75, 3.05) is 18.5 Å². The van der Waals surface area contributed by atoms with E-state index < -0.39 is 35.2 Å². The summed E-state index contributed by atoms with van der Waals surface area (Å²) in [5, 5.41) is 41.6. The number of carboxylic acid groups (broad SMARTS) is 2. The number of nitro benzene ring substituents is 1. The molecule has 2 aromatic heterocycles. The molecule has 0 saturated carbocycles. The normalized spacial score (nSPS) is 11.6. The molecule has 0 aliphatic rings. The first-order chi connectivity index (χ1) is 19.7. The van der Waals surface area contributed by atoms with Crippen molar-refractivity contribution in [1.29, 1.82) is 0 Å². The number of fused-ring (bicyclic) bond motifs is 1. The minimum Gasteiger partial charge on any atom is -0.494 e. The number of carbonyl (C=O) groups excluding carboxylic acids is 1. The number of aromatic nitrogens is 2. The molecule has 0 aliphatic heterocycles. The predicted molar refractivity (Wildman–Crippen MR) is 142 cm³/mol. The molecule has 0 aliphatic carbocycles. The molecule has 214 valence electrons. The number of aliphatic carboxylic acids is 2. The van der Waals surface area contributed by atoms with Crippen molar-refractivity contribution in [3.05, 3.63) is 64.4 Å². The fourth-order valence-corrected chi connectivity index (χ4v) is 3.89. The van der Waals surface area contributed by atoms with E-state index in [1.165, 1.54) is 12.1 Å². The molecular weight excluding hydrogens is 542 g/mol. The van der Waals surface area contributed by atoms with Gasteiger partial charge in [0.15, 0.2) is 11.3 Å². The first-order valence-corrected chi connectivity index (χ1v) is 12.4. The van der Waals surface area contributed by atoms with E-state index in [2.05, 4.69) is 25.6 Å². The SMILES string of the molecule is O=C(O)C[C@H](NC(=O)c1ccc(-c2ccc(OCCCCCNc3ccc([N+](=O)[O-])c4nonc34)cc2)o1)C(=O)O. The Morgan fingerprint density at radius 1 is 0.976 bits per heavy atom. The number of hydrogen-bond donors (Lipinski definition) is 4.